The predicted molar refractivity (Wildman–Crippen MR) is 100 cm³/mol. The lowest BCUT2D eigenvalue weighted by molar-refractivity contribution is -0.144. The first-order valence-corrected chi connectivity index (χ1v) is 8.88. The fourth-order valence-corrected chi connectivity index (χ4v) is 2.94. The van der Waals surface area contributed by atoms with Crippen molar-refractivity contribution in [3.8, 4) is 11.6 Å². The Bertz CT molecular complexity index is 778. The summed E-state index contributed by atoms with van der Waals surface area (Å²) in [4.78, 5) is 24.2. The van der Waals surface area contributed by atoms with Crippen LogP contribution >= 0.6 is 0 Å². The summed E-state index contributed by atoms with van der Waals surface area (Å²) in [6.45, 7) is 5.55. The standard InChI is InChI=1S/C19H24N4O4/c1-14(18(24)25)27-16-6-4-3-5-15(16)13-22-9-11-23(12-10-22)19-20-8-7-17(21-19)26-2/h3-8,14H,9-13H2,1-2H3,(H,24,25)/t14-/m0/s1. The fourth-order valence-electron chi connectivity index (χ4n) is 2.94. The molecule has 0 radical (unpaired) electrons. The van der Waals surface area contributed by atoms with Crippen molar-refractivity contribution in [2.24, 2.45) is 0 Å². The lowest BCUT2D eigenvalue weighted by atomic mass is 10.1. The molecule has 144 valence electrons. The third kappa shape index (κ3) is 4.85. The van der Waals surface area contributed by atoms with Crippen LogP contribution in [0.15, 0.2) is 36.5 Å². The maximum absolute atomic E-state index is 11.1. The second-order valence-corrected chi connectivity index (χ2v) is 6.37. The highest BCUT2D eigenvalue weighted by atomic mass is 16.5. The number of carboxylic acid groups (broad SMARTS) is 1. The maximum Gasteiger partial charge on any atom is 0.344 e. The van der Waals surface area contributed by atoms with E-state index in [0.29, 0.717) is 24.1 Å². The van der Waals surface area contributed by atoms with E-state index in [4.69, 9.17) is 14.6 Å². The van der Waals surface area contributed by atoms with Gasteiger partial charge in [-0.2, -0.15) is 4.98 Å². The smallest absolute Gasteiger partial charge is 0.344 e. The van der Waals surface area contributed by atoms with Crippen LogP contribution in [0.5, 0.6) is 11.6 Å². The SMILES string of the molecule is COc1ccnc(N2CCN(Cc3ccccc3O[C@@H](C)C(=O)O)CC2)n1. The Kier molecular flexibility index (Phi) is 6.08. The van der Waals surface area contributed by atoms with Gasteiger partial charge in [0, 0.05) is 50.6 Å². The van der Waals surface area contributed by atoms with Gasteiger partial charge < -0.3 is 19.5 Å². The Morgan fingerprint density at radius 2 is 1.96 bits per heavy atom. The molecule has 1 fully saturated rings. The minimum absolute atomic E-state index is 0.557. The number of para-hydroxylation sites is 1. The summed E-state index contributed by atoms with van der Waals surface area (Å²) in [5.41, 5.74) is 0.983. The van der Waals surface area contributed by atoms with Crippen molar-refractivity contribution >= 4 is 11.9 Å². The molecule has 1 aliphatic heterocycles. The average molecular weight is 372 g/mol. The van der Waals surface area contributed by atoms with Gasteiger partial charge in [-0.05, 0) is 13.0 Å². The Morgan fingerprint density at radius 3 is 2.67 bits per heavy atom. The van der Waals surface area contributed by atoms with Gasteiger partial charge in [-0.25, -0.2) is 9.78 Å². The van der Waals surface area contributed by atoms with Gasteiger partial charge in [0.1, 0.15) is 5.75 Å². The van der Waals surface area contributed by atoms with Crippen molar-refractivity contribution in [1.29, 1.82) is 0 Å². The van der Waals surface area contributed by atoms with E-state index in [-0.39, 0.29) is 0 Å². The van der Waals surface area contributed by atoms with Gasteiger partial charge in [0.05, 0.1) is 7.11 Å². The van der Waals surface area contributed by atoms with Gasteiger partial charge >= 0.3 is 5.97 Å². The monoisotopic (exact) mass is 372 g/mol. The molecule has 27 heavy (non-hydrogen) atoms. The van der Waals surface area contributed by atoms with E-state index < -0.39 is 12.1 Å². The lowest BCUT2D eigenvalue weighted by Crippen LogP contribution is -2.46. The summed E-state index contributed by atoms with van der Waals surface area (Å²) in [5, 5.41) is 9.07. The molecule has 0 unspecified atom stereocenters. The van der Waals surface area contributed by atoms with Crippen LogP contribution < -0.4 is 14.4 Å². The average Bonchev–Trinajstić information content (AvgIpc) is 2.70. The highest BCUT2D eigenvalue weighted by molar-refractivity contribution is 5.72. The second kappa shape index (κ2) is 8.68. The number of hydrogen-bond acceptors (Lipinski definition) is 7. The molecule has 2 aromatic rings. The number of aliphatic carboxylic acids is 1. The number of piperazine rings is 1. The van der Waals surface area contributed by atoms with Crippen molar-refractivity contribution in [2.45, 2.75) is 19.6 Å². The number of nitrogens with zero attached hydrogens (tertiary/aromatic N) is 4. The second-order valence-electron chi connectivity index (χ2n) is 6.37. The molecule has 1 saturated heterocycles. The summed E-state index contributed by atoms with van der Waals surface area (Å²) in [6, 6.07) is 9.31. The molecule has 8 heteroatoms. The van der Waals surface area contributed by atoms with Gasteiger partial charge in [0.2, 0.25) is 11.8 Å². The number of aromatic nitrogens is 2. The van der Waals surface area contributed by atoms with Crippen molar-refractivity contribution in [3.63, 3.8) is 0 Å². The molecule has 1 aromatic carbocycles. The zero-order chi connectivity index (χ0) is 19.2. The van der Waals surface area contributed by atoms with Crippen LogP contribution in [0.3, 0.4) is 0 Å². The third-order valence-corrected chi connectivity index (χ3v) is 4.50. The molecule has 8 nitrogen and oxygen atoms in total. The number of anilines is 1. The van der Waals surface area contributed by atoms with Crippen molar-refractivity contribution in [3.05, 3.63) is 42.1 Å². The normalized spacial score (nSPS) is 16.0. The summed E-state index contributed by atoms with van der Waals surface area (Å²) in [6.07, 6.45) is 0.818. The van der Waals surface area contributed by atoms with Crippen LogP contribution in [0.4, 0.5) is 5.95 Å². The number of ether oxygens (including phenoxy) is 2. The van der Waals surface area contributed by atoms with Crippen molar-refractivity contribution in [2.75, 3.05) is 38.2 Å². The summed E-state index contributed by atoms with van der Waals surface area (Å²) in [7, 11) is 1.59. The van der Waals surface area contributed by atoms with Crippen LogP contribution in [0, 0.1) is 0 Å². The molecule has 1 aromatic heterocycles. The lowest BCUT2D eigenvalue weighted by Gasteiger charge is -2.35. The van der Waals surface area contributed by atoms with Crippen molar-refractivity contribution in [1.82, 2.24) is 14.9 Å². The Hall–Kier alpha value is -2.87. The van der Waals surface area contributed by atoms with Gasteiger partial charge in [-0.1, -0.05) is 18.2 Å². The van der Waals surface area contributed by atoms with E-state index in [1.807, 2.05) is 24.3 Å². The molecule has 2 heterocycles. The van der Waals surface area contributed by atoms with Gasteiger partial charge in [0.15, 0.2) is 6.10 Å². The molecule has 0 aliphatic carbocycles. The summed E-state index contributed by atoms with van der Waals surface area (Å²) >= 11 is 0. The third-order valence-electron chi connectivity index (χ3n) is 4.50. The molecule has 1 N–H and O–H groups in total. The topological polar surface area (TPSA) is 88.0 Å². The van der Waals surface area contributed by atoms with Crippen LogP contribution in [-0.2, 0) is 11.3 Å². The molecular formula is C19H24N4O4. The molecule has 0 bridgehead atoms. The number of rotatable bonds is 7. The van der Waals surface area contributed by atoms with E-state index in [9.17, 15) is 4.79 Å². The molecule has 3 rings (SSSR count). The van der Waals surface area contributed by atoms with Gasteiger partial charge in [-0.3, -0.25) is 4.90 Å². The van der Waals surface area contributed by atoms with E-state index in [0.717, 1.165) is 31.7 Å². The zero-order valence-electron chi connectivity index (χ0n) is 15.5. The molecule has 0 amide bonds. The molecular weight excluding hydrogens is 348 g/mol. The first kappa shape index (κ1) is 18.9. The summed E-state index contributed by atoms with van der Waals surface area (Å²) in [5.74, 6) is 0.872. The molecule has 0 spiro atoms. The van der Waals surface area contributed by atoms with E-state index >= 15 is 0 Å². The number of carboxylic acids is 1. The highest BCUT2D eigenvalue weighted by Gasteiger charge is 2.21. The number of carbonyl (C=O) groups is 1. The van der Waals surface area contributed by atoms with Crippen LogP contribution in [0.25, 0.3) is 0 Å². The Labute approximate surface area is 158 Å². The largest absolute Gasteiger partial charge is 0.481 e. The Balaban J connectivity index is 1.60. The fraction of sp³-hybridized carbons (Fsp3) is 0.421. The number of methoxy groups -OCH3 is 1. The maximum atomic E-state index is 11.1. The van der Waals surface area contributed by atoms with Gasteiger partial charge in [-0.15, -0.1) is 0 Å². The summed E-state index contributed by atoms with van der Waals surface area (Å²) < 4.78 is 10.8. The molecule has 1 atom stereocenters. The highest BCUT2D eigenvalue weighted by Crippen LogP contribution is 2.22. The number of benzene rings is 1. The van der Waals surface area contributed by atoms with Crippen LogP contribution in [-0.4, -0.2) is 65.3 Å². The van der Waals surface area contributed by atoms with Gasteiger partial charge in [0.25, 0.3) is 0 Å². The Morgan fingerprint density at radius 1 is 1.22 bits per heavy atom. The first-order valence-electron chi connectivity index (χ1n) is 8.88. The van der Waals surface area contributed by atoms with E-state index in [2.05, 4.69) is 19.8 Å². The minimum atomic E-state index is -0.975. The van der Waals surface area contributed by atoms with E-state index in [1.165, 1.54) is 6.92 Å². The molecule has 0 saturated carbocycles. The first-order chi connectivity index (χ1) is 13.1. The number of hydrogen-bond donors (Lipinski definition) is 1. The van der Waals surface area contributed by atoms with Crippen LogP contribution in [0.1, 0.15) is 12.5 Å². The van der Waals surface area contributed by atoms with E-state index in [1.54, 1.807) is 19.4 Å². The van der Waals surface area contributed by atoms with Crippen LogP contribution in [0.2, 0.25) is 0 Å². The molecule has 1 aliphatic rings. The minimum Gasteiger partial charge on any atom is -0.481 e. The quantitative estimate of drug-likeness (QED) is 0.785. The van der Waals surface area contributed by atoms with Crippen molar-refractivity contribution < 1.29 is 19.4 Å². The zero-order valence-corrected chi connectivity index (χ0v) is 15.5. The predicted octanol–water partition coefficient (Wildman–Crippen LogP) is 1.66.